The Balaban J connectivity index is 1.67. The van der Waals surface area contributed by atoms with Crippen molar-refractivity contribution in [2.24, 2.45) is 5.92 Å². The van der Waals surface area contributed by atoms with E-state index in [1.807, 2.05) is 0 Å². The predicted octanol–water partition coefficient (Wildman–Crippen LogP) is 5.85. The Kier molecular flexibility index (Phi) is 6.51. The molecule has 0 aliphatic carbocycles. The van der Waals surface area contributed by atoms with Crippen molar-refractivity contribution in [2.75, 3.05) is 13.7 Å². The van der Waals surface area contributed by atoms with Crippen molar-refractivity contribution in [3.63, 3.8) is 0 Å². The zero-order chi connectivity index (χ0) is 28.5. The van der Waals surface area contributed by atoms with E-state index < -0.39 is 64.4 Å². The second-order valence-corrected chi connectivity index (χ2v) is 10.5. The van der Waals surface area contributed by atoms with E-state index in [0.29, 0.717) is 11.2 Å². The van der Waals surface area contributed by atoms with Gasteiger partial charge in [0, 0.05) is 35.4 Å². The van der Waals surface area contributed by atoms with Crippen LogP contribution in [0.3, 0.4) is 0 Å². The normalized spacial score (nSPS) is 28.8. The van der Waals surface area contributed by atoms with Crippen LogP contribution in [0.15, 0.2) is 35.3 Å². The number of halogens is 5. The third-order valence-electron chi connectivity index (χ3n) is 7.72. The van der Waals surface area contributed by atoms with Crippen molar-refractivity contribution in [1.29, 1.82) is 0 Å². The fraction of sp³-hybridized carbons (Fsp3) is 0.481. The number of pyridine rings is 2. The second-order valence-electron chi connectivity index (χ2n) is 10.5. The lowest BCUT2D eigenvalue weighted by atomic mass is 9.76. The van der Waals surface area contributed by atoms with Crippen LogP contribution in [0.2, 0.25) is 0 Å². The van der Waals surface area contributed by atoms with Crippen LogP contribution in [0.25, 0.3) is 10.9 Å². The summed E-state index contributed by atoms with van der Waals surface area (Å²) in [4.78, 5) is 20.8. The average Bonchev–Trinajstić information content (AvgIpc) is 3.36. The summed E-state index contributed by atoms with van der Waals surface area (Å²) in [5.41, 5.74) is -2.56. The van der Waals surface area contributed by atoms with Gasteiger partial charge >= 0.3 is 6.18 Å². The van der Waals surface area contributed by atoms with Crippen molar-refractivity contribution in [1.82, 2.24) is 9.97 Å². The largest absolute Gasteiger partial charge is 0.493 e. The van der Waals surface area contributed by atoms with Gasteiger partial charge in [-0.25, -0.2) is 4.39 Å². The average molecular weight is 555 g/mol. The summed E-state index contributed by atoms with van der Waals surface area (Å²) in [6.45, 7) is 5.83. The highest BCUT2D eigenvalue weighted by Crippen LogP contribution is 2.59. The van der Waals surface area contributed by atoms with Crippen LogP contribution < -0.4 is 10.2 Å². The molecule has 1 N–H and O–H groups in total. The maximum atomic E-state index is 14.7. The maximum absolute atomic E-state index is 14.7. The van der Waals surface area contributed by atoms with Gasteiger partial charge in [0.1, 0.15) is 12.2 Å². The molecular formula is C27H27F5N2O5. The first-order valence-electron chi connectivity index (χ1n) is 12.3. The van der Waals surface area contributed by atoms with E-state index in [4.69, 9.17) is 18.9 Å². The number of aromatic nitrogens is 2. The number of nitrogens with one attached hydrogen (secondary N) is 1. The van der Waals surface area contributed by atoms with Gasteiger partial charge in [-0.2, -0.15) is 17.6 Å². The van der Waals surface area contributed by atoms with Gasteiger partial charge in [-0.15, -0.1) is 0 Å². The Morgan fingerprint density at radius 2 is 1.85 bits per heavy atom. The van der Waals surface area contributed by atoms with Crippen LogP contribution in [0, 0.1) is 17.6 Å². The summed E-state index contributed by atoms with van der Waals surface area (Å²) in [5, 5.41) is 0.194. The van der Waals surface area contributed by atoms with Gasteiger partial charge in [-0.3, -0.25) is 9.78 Å². The molecule has 2 aliphatic rings. The minimum absolute atomic E-state index is 0.0167. The number of rotatable bonds is 4. The van der Waals surface area contributed by atoms with Crippen LogP contribution in [0.4, 0.5) is 22.0 Å². The van der Waals surface area contributed by atoms with Crippen LogP contribution in [0.5, 0.6) is 5.75 Å². The van der Waals surface area contributed by atoms with E-state index in [1.54, 1.807) is 13.8 Å². The lowest BCUT2D eigenvalue weighted by Gasteiger charge is -2.32. The zero-order valence-corrected chi connectivity index (χ0v) is 21.8. The fourth-order valence-electron chi connectivity index (χ4n) is 5.55. The van der Waals surface area contributed by atoms with Crippen LogP contribution >= 0.6 is 0 Å². The summed E-state index contributed by atoms with van der Waals surface area (Å²) < 4.78 is 93.9. The molecule has 1 unspecified atom stereocenters. The van der Waals surface area contributed by atoms with Crippen LogP contribution in [0.1, 0.15) is 62.8 Å². The number of ether oxygens (including phenoxy) is 4. The Morgan fingerprint density at radius 3 is 2.46 bits per heavy atom. The molecule has 12 heteroatoms. The molecule has 0 spiro atoms. The second kappa shape index (κ2) is 9.24. The Labute approximate surface area is 220 Å². The molecule has 2 saturated heterocycles. The van der Waals surface area contributed by atoms with Crippen molar-refractivity contribution in [3.05, 3.63) is 69.3 Å². The van der Waals surface area contributed by atoms with Gasteiger partial charge in [-0.1, -0.05) is 13.0 Å². The molecule has 0 bridgehead atoms. The van der Waals surface area contributed by atoms with Gasteiger partial charge in [0.2, 0.25) is 5.82 Å². The molecular weight excluding hydrogens is 527 g/mol. The van der Waals surface area contributed by atoms with Crippen LogP contribution in [-0.4, -0.2) is 41.2 Å². The number of alkyl halides is 3. The molecule has 2 fully saturated rings. The molecule has 2 aliphatic heterocycles. The summed E-state index contributed by atoms with van der Waals surface area (Å²) in [6.07, 6.45) is -5.39. The molecule has 5 rings (SSSR count). The number of nitrogens with zero attached hydrogens (tertiary/aromatic N) is 1. The highest BCUT2D eigenvalue weighted by Gasteiger charge is 2.65. The molecule has 1 aromatic carbocycles. The first-order valence-corrected chi connectivity index (χ1v) is 12.3. The number of methoxy groups -OCH3 is 1. The topological polar surface area (TPSA) is 82.7 Å². The van der Waals surface area contributed by atoms with Crippen LogP contribution in [-0.2, 0) is 14.2 Å². The minimum Gasteiger partial charge on any atom is -0.493 e. The molecule has 2 aromatic heterocycles. The van der Waals surface area contributed by atoms with Gasteiger partial charge in [0.25, 0.3) is 0 Å². The maximum Gasteiger partial charge on any atom is 0.417 e. The van der Waals surface area contributed by atoms with Gasteiger partial charge in [0.15, 0.2) is 28.4 Å². The fourth-order valence-corrected chi connectivity index (χ4v) is 5.55. The molecule has 7 nitrogen and oxygen atoms in total. The first kappa shape index (κ1) is 27.5. The summed E-state index contributed by atoms with van der Waals surface area (Å²) in [5.74, 6) is -6.39. The van der Waals surface area contributed by atoms with Crippen molar-refractivity contribution in [2.45, 2.75) is 63.4 Å². The van der Waals surface area contributed by atoms with E-state index in [-0.39, 0.29) is 23.3 Å². The van der Waals surface area contributed by atoms with Crippen molar-refractivity contribution >= 4 is 10.9 Å². The predicted molar refractivity (Wildman–Crippen MR) is 129 cm³/mol. The molecule has 39 heavy (non-hydrogen) atoms. The number of aromatic amines is 1. The number of hydrogen-bond donors (Lipinski definition) is 1. The quantitative estimate of drug-likeness (QED) is 0.408. The summed E-state index contributed by atoms with van der Waals surface area (Å²) >= 11 is 0. The van der Waals surface area contributed by atoms with E-state index >= 15 is 0 Å². The number of benzene rings is 1. The summed E-state index contributed by atoms with van der Waals surface area (Å²) in [7, 11) is 1.10. The smallest absolute Gasteiger partial charge is 0.417 e. The highest BCUT2D eigenvalue weighted by molar-refractivity contribution is 5.81. The SMILES string of the molecule is COc1c([C@H]2[C@H](c3cc(=O)c4c(C5COC(C)(C)O5)nccc4[nH]3)O[C@@](C)(C(F)(F)F)[C@H]2C)ccc(F)c1F. The molecule has 4 heterocycles. The third-order valence-corrected chi connectivity index (χ3v) is 7.72. The summed E-state index contributed by atoms with van der Waals surface area (Å²) in [6, 6.07) is 4.66. The number of fused-ring (bicyclic) bond motifs is 1. The monoisotopic (exact) mass is 554 g/mol. The minimum atomic E-state index is -4.81. The van der Waals surface area contributed by atoms with E-state index in [1.165, 1.54) is 25.3 Å². The van der Waals surface area contributed by atoms with Crippen molar-refractivity contribution < 1.29 is 40.9 Å². The van der Waals surface area contributed by atoms with Gasteiger partial charge < -0.3 is 23.9 Å². The van der Waals surface area contributed by atoms with E-state index in [0.717, 1.165) is 26.2 Å². The molecule has 210 valence electrons. The van der Waals surface area contributed by atoms with E-state index in [2.05, 4.69) is 9.97 Å². The zero-order valence-electron chi connectivity index (χ0n) is 21.8. The molecule has 0 amide bonds. The number of H-pyrrole nitrogens is 1. The third kappa shape index (κ3) is 4.38. The Bertz CT molecular complexity index is 1490. The molecule has 3 aromatic rings. The first-order chi connectivity index (χ1) is 18.2. The Morgan fingerprint density at radius 1 is 1.13 bits per heavy atom. The number of hydrogen-bond acceptors (Lipinski definition) is 6. The lowest BCUT2D eigenvalue weighted by molar-refractivity contribution is -0.275. The molecule has 0 radical (unpaired) electrons. The van der Waals surface area contributed by atoms with Crippen molar-refractivity contribution in [3.8, 4) is 5.75 Å². The molecule has 0 saturated carbocycles. The van der Waals surface area contributed by atoms with E-state index in [9.17, 15) is 26.7 Å². The van der Waals surface area contributed by atoms with Gasteiger partial charge in [0.05, 0.1) is 30.3 Å². The standard InChI is InChI=1S/C27H27F5N2O5/c1-12-19(13-6-7-14(28)21(29)23(13)36-5)24(39-26(12,4)27(30,31)32)16-10-17(35)20-15(34-16)8-9-33-22(20)18-11-37-25(2,3)38-18/h6-10,12,18-19,24H,11H2,1-5H3,(H,34,35)/t12-,18?,19-,24-,26+/m0/s1. The van der Waals surface area contributed by atoms with Gasteiger partial charge in [-0.05, 0) is 32.9 Å². The highest BCUT2D eigenvalue weighted by atomic mass is 19.4. The Hall–Kier alpha value is -3.09. The lowest BCUT2D eigenvalue weighted by Crippen LogP contribution is -2.46. The molecule has 5 atom stereocenters.